The molecule has 0 nitrogen and oxygen atoms in total. The Hall–Kier alpha value is -1.44. The van der Waals surface area contributed by atoms with Crippen LogP contribution in [0.15, 0.2) is 84.9 Å². The van der Waals surface area contributed by atoms with Crippen molar-refractivity contribution in [3.05, 3.63) is 107 Å². The first-order valence-electron chi connectivity index (χ1n) is 10.6. The number of hydrogen-bond donors (Lipinski definition) is 0. The van der Waals surface area contributed by atoms with E-state index in [4.69, 9.17) is 0 Å². The molecule has 0 unspecified atom stereocenters. The Morgan fingerprint density at radius 1 is 0.500 bits per heavy atom. The van der Waals surface area contributed by atoms with E-state index in [2.05, 4.69) is 98.0 Å². The third-order valence-corrected chi connectivity index (χ3v) is 10.7. The predicted molar refractivity (Wildman–Crippen MR) is 126 cm³/mol. The average Bonchev–Trinajstić information content (AvgIpc) is 3.31. The molecule has 0 aliphatic heterocycles. The maximum Gasteiger partial charge on any atom is 2.00 e. The summed E-state index contributed by atoms with van der Waals surface area (Å²) in [5, 5.41) is 3.21. The number of benzene rings is 4. The fourth-order valence-corrected chi connectivity index (χ4v) is 8.90. The van der Waals surface area contributed by atoms with Gasteiger partial charge in [-0.1, -0.05) is 108 Å². The molecule has 32 heavy (non-hydrogen) atoms. The predicted octanol–water partition coefficient (Wildman–Crippen LogP) is -0.343. The fourth-order valence-electron chi connectivity index (χ4n) is 5.63. The SMILES string of the molecule is C[Si](C)(c1cccc2c1Cc1ccccc1-2)c1cccc2c1Cc1ccccc1-2.[Cl-].[Cl-].[Zr+2]. The minimum absolute atomic E-state index is 0. The van der Waals surface area contributed by atoms with Gasteiger partial charge in [0.25, 0.3) is 0 Å². The minimum Gasteiger partial charge on any atom is -1.00 e. The molecule has 0 saturated heterocycles. The van der Waals surface area contributed by atoms with E-state index in [0.29, 0.717) is 0 Å². The van der Waals surface area contributed by atoms with E-state index in [-0.39, 0.29) is 51.0 Å². The van der Waals surface area contributed by atoms with Gasteiger partial charge in [-0.25, -0.2) is 0 Å². The van der Waals surface area contributed by atoms with Gasteiger partial charge in [0.2, 0.25) is 0 Å². The summed E-state index contributed by atoms with van der Waals surface area (Å²) >= 11 is 0. The third kappa shape index (κ3) is 3.70. The maximum absolute atomic E-state index is 2.55. The second-order valence-corrected chi connectivity index (χ2v) is 13.3. The van der Waals surface area contributed by atoms with E-state index in [1.807, 2.05) is 0 Å². The van der Waals surface area contributed by atoms with Crippen LogP contribution in [0.4, 0.5) is 0 Å². The van der Waals surface area contributed by atoms with Crippen LogP contribution in [0.5, 0.6) is 0 Å². The van der Waals surface area contributed by atoms with Crippen LogP contribution in [0.3, 0.4) is 0 Å². The quantitative estimate of drug-likeness (QED) is 0.259. The second kappa shape index (κ2) is 9.43. The van der Waals surface area contributed by atoms with Crippen molar-refractivity contribution in [2.24, 2.45) is 0 Å². The molecule has 2 aliphatic carbocycles. The van der Waals surface area contributed by atoms with Crippen molar-refractivity contribution in [2.45, 2.75) is 25.9 Å². The Kier molecular flexibility index (Phi) is 7.42. The van der Waals surface area contributed by atoms with E-state index in [1.54, 1.807) is 21.5 Å². The zero-order valence-electron chi connectivity index (χ0n) is 18.3. The number of halogens is 2. The second-order valence-electron chi connectivity index (χ2n) is 8.96. The van der Waals surface area contributed by atoms with Crippen LogP contribution in [0.25, 0.3) is 22.3 Å². The van der Waals surface area contributed by atoms with E-state index >= 15 is 0 Å². The minimum atomic E-state index is -1.85. The molecule has 158 valence electrons. The maximum atomic E-state index is 2.55. The molecule has 0 saturated carbocycles. The molecule has 2 aliphatic rings. The van der Waals surface area contributed by atoms with Crippen molar-refractivity contribution < 1.29 is 51.0 Å². The summed E-state index contributed by atoms with van der Waals surface area (Å²) < 4.78 is 0. The van der Waals surface area contributed by atoms with Crippen LogP contribution in [0, 0.1) is 0 Å². The Morgan fingerprint density at radius 3 is 1.31 bits per heavy atom. The largest absolute Gasteiger partial charge is 2.00 e. The first-order valence-corrected chi connectivity index (χ1v) is 13.6. The summed E-state index contributed by atoms with van der Waals surface area (Å²) in [6.07, 6.45) is 2.15. The van der Waals surface area contributed by atoms with Gasteiger partial charge >= 0.3 is 26.2 Å². The molecule has 0 aromatic heterocycles. The van der Waals surface area contributed by atoms with Crippen molar-refractivity contribution in [3.63, 3.8) is 0 Å². The van der Waals surface area contributed by atoms with Crippen LogP contribution in [-0.2, 0) is 39.0 Å². The van der Waals surface area contributed by atoms with Crippen molar-refractivity contribution in [2.75, 3.05) is 0 Å². The summed E-state index contributed by atoms with van der Waals surface area (Å²) in [6, 6.07) is 31.9. The molecule has 0 fully saturated rings. The molecule has 0 heterocycles. The molecule has 0 atom stereocenters. The van der Waals surface area contributed by atoms with Gasteiger partial charge in [0.1, 0.15) is 8.07 Å². The molecule has 4 heteroatoms. The topological polar surface area (TPSA) is 0 Å². The van der Waals surface area contributed by atoms with Gasteiger partial charge in [0.15, 0.2) is 0 Å². The van der Waals surface area contributed by atoms with Crippen LogP contribution in [0.2, 0.25) is 13.1 Å². The van der Waals surface area contributed by atoms with Crippen molar-refractivity contribution in [3.8, 4) is 22.3 Å². The number of rotatable bonds is 2. The Bertz CT molecular complexity index is 1200. The van der Waals surface area contributed by atoms with Crippen molar-refractivity contribution in [1.29, 1.82) is 0 Å². The fraction of sp³-hybridized carbons (Fsp3) is 0.143. The molecule has 0 bridgehead atoms. The van der Waals surface area contributed by atoms with Crippen LogP contribution in [-0.4, -0.2) is 8.07 Å². The van der Waals surface area contributed by atoms with E-state index < -0.39 is 8.07 Å². The number of fused-ring (bicyclic) bond motifs is 6. The van der Waals surface area contributed by atoms with Crippen LogP contribution >= 0.6 is 0 Å². The standard InChI is InChI=1S/C28H24Si.2ClH.Zr/c1-29(2,27-15-7-13-23-21-11-5-3-9-19(21)17-25(23)27)28-16-8-14-24-22-12-6-4-10-20(22)18-26(24)28;;;/h3-16H,17-18H2,1-2H3;2*1H;/q;;;+2/p-2. The van der Waals surface area contributed by atoms with Gasteiger partial charge < -0.3 is 24.8 Å². The Morgan fingerprint density at radius 2 is 0.875 bits per heavy atom. The van der Waals surface area contributed by atoms with Gasteiger partial charge in [0, 0.05) is 0 Å². The van der Waals surface area contributed by atoms with E-state index in [0.717, 1.165) is 12.8 Å². The van der Waals surface area contributed by atoms with Crippen molar-refractivity contribution >= 4 is 18.4 Å². The Labute approximate surface area is 223 Å². The van der Waals surface area contributed by atoms with Gasteiger partial charge in [-0.3, -0.25) is 0 Å². The zero-order valence-corrected chi connectivity index (χ0v) is 23.2. The molecule has 4 aromatic carbocycles. The molecule has 0 radical (unpaired) electrons. The first-order chi connectivity index (χ1) is 14.1. The summed E-state index contributed by atoms with van der Waals surface area (Å²) in [4.78, 5) is 0. The van der Waals surface area contributed by atoms with Gasteiger partial charge in [0.05, 0.1) is 0 Å². The molecular formula is C28H24Cl2SiZr. The molecular weight excluding hydrogens is 527 g/mol. The van der Waals surface area contributed by atoms with E-state index in [1.165, 1.54) is 33.4 Å². The molecule has 0 spiro atoms. The van der Waals surface area contributed by atoms with Gasteiger partial charge in [-0.05, 0) is 57.3 Å². The van der Waals surface area contributed by atoms with Crippen LogP contribution in [0.1, 0.15) is 22.3 Å². The summed E-state index contributed by atoms with van der Waals surface area (Å²) in [5.41, 5.74) is 11.9. The van der Waals surface area contributed by atoms with Crippen LogP contribution < -0.4 is 35.2 Å². The van der Waals surface area contributed by atoms with Gasteiger partial charge in [-0.2, -0.15) is 0 Å². The number of hydrogen-bond acceptors (Lipinski definition) is 0. The normalized spacial score (nSPS) is 12.3. The smallest absolute Gasteiger partial charge is 1.00 e. The van der Waals surface area contributed by atoms with Crippen molar-refractivity contribution in [1.82, 2.24) is 0 Å². The zero-order chi connectivity index (χ0) is 19.6. The molecule has 6 rings (SSSR count). The molecule has 4 aromatic rings. The molecule has 0 N–H and O–H groups in total. The molecule has 0 amide bonds. The first kappa shape index (κ1) is 25.2. The summed E-state index contributed by atoms with van der Waals surface area (Å²) in [5.74, 6) is 0. The monoisotopic (exact) mass is 548 g/mol. The summed E-state index contributed by atoms with van der Waals surface area (Å²) in [6.45, 7) is 5.09. The summed E-state index contributed by atoms with van der Waals surface area (Å²) in [7, 11) is -1.85. The third-order valence-electron chi connectivity index (χ3n) is 7.05. The van der Waals surface area contributed by atoms with E-state index in [9.17, 15) is 0 Å². The average molecular weight is 551 g/mol. The van der Waals surface area contributed by atoms with Gasteiger partial charge in [-0.15, -0.1) is 0 Å². The Balaban J connectivity index is 0.000000963.